The number of hydrogen-bond donors (Lipinski definition) is 2. The van der Waals surface area contributed by atoms with E-state index < -0.39 is 0 Å². The largest absolute Gasteiger partial charge is 0.497 e. The molecule has 0 heterocycles. The Kier molecular flexibility index (Phi) is 9.82. The van der Waals surface area contributed by atoms with Crippen molar-refractivity contribution in [2.75, 3.05) is 39.1 Å². The van der Waals surface area contributed by atoms with E-state index in [1.54, 1.807) is 74.9 Å². The number of nitrogens with one attached hydrogen (secondary N) is 2. The summed E-state index contributed by atoms with van der Waals surface area (Å²) in [7, 11) is 8.96. The molecule has 4 aromatic carbocycles. The zero-order valence-electron chi connectivity index (χ0n) is 22.3. The molecule has 0 fully saturated rings. The fourth-order valence-corrected chi connectivity index (χ4v) is 6.11. The maximum absolute atomic E-state index is 13.3. The van der Waals surface area contributed by atoms with Crippen LogP contribution in [0.15, 0.2) is 94.7 Å². The minimum Gasteiger partial charge on any atom is -0.497 e. The minimum atomic E-state index is -0.300. The Bertz CT molecular complexity index is 1400. The number of anilines is 2. The first-order valence-corrected chi connectivity index (χ1v) is 14.2. The van der Waals surface area contributed by atoms with Crippen molar-refractivity contribution in [3.8, 4) is 23.0 Å². The van der Waals surface area contributed by atoms with Gasteiger partial charge in [0.2, 0.25) is 0 Å². The summed E-state index contributed by atoms with van der Waals surface area (Å²) in [5.41, 5.74) is 1.95. The Labute approximate surface area is 240 Å². The second kappa shape index (κ2) is 13.7. The monoisotopic (exact) mass is 576 g/mol. The molecule has 0 atom stereocenters. The number of ether oxygens (including phenoxy) is 4. The number of carbonyl (C=O) groups excluding carboxylic acids is 2. The van der Waals surface area contributed by atoms with Crippen molar-refractivity contribution in [2.24, 2.45) is 0 Å². The molecule has 2 amide bonds. The van der Waals surface area contributed by atoms with E-state index in [4.69, 9.17) is 18.9 Å². The van der Waals surface area contributed by atoms with Gasteiger partial charge in [-0.3, -0.25) is 9.59 Å². The fourth-order valence-electron chi connectivity index (χ4n) is 3.75. The summed E-state index contributed by atoms with van der Waals surface area (Å²) in [5.74, 6) is 1.62. The van der Waals surface area contributed by atoms with Crippen LogP contribution in [0.4, 0.5) is 11.4 Å². The molecule has 0 bridgehead atoms. The Morgan fingerprint density at radius 1 is 0.550 bits per heavy atom. The van der Waals surface area contributed by atoms with Crippen LogP contribution in [0.5, 0.6) is 23.0 Å². The van der Waals surface area contributed by atoms with Gasteiger partial charge in [-0.15, -0.1) is 0 Å². The van der Waals surface area contributed by atoms with Crippen molar-refractivity contribution in [3.63, 3.8) is 0 Å². The Morgan fingerprint density at radius 2 is 0.950 bits per heavy atom. The van der Waals surface area contributed by atoms with E-state index in [9.17, 15) is 9.59 Å². The minimum absolute atomic E-state index is 0.300. The van der Waals surface area contributed by atoms with Crippen LogP contribution in [0.3, 0.4) is 0 Å². The van der Waals surface area contributed by atoms with Crippen LogP contribution in [0, 0.1) is 0 Å². The van der Waals surface area contributed by atoms with Gasteiger partial charge >= 0.3 is 0 Å². The molecule has 0 aromatic heterocycles. The molecule has 0 spiro atoms. The lowest BCUT2D eigenvalue weighted by atomic mass is 10.2. The zero-order valence-corrected chi connectivity index (χ0v) is 24.0. The van der Waals surface area contributed by atoms with Crippen LogP contribution >= 0.6 is 21.6 Å². The summed E-state index contributed by atoms with van der Waals surface area (Å²) in [6.45, 7) is 0. The smallest absolute Gasteiger partial charge is 0.256 e. The summed E-state index contributed by atoms with van der Waals surface area (Å²) in [4.78, 5) is 28.0. The van der Waals surface area contributed by atoms with Crippen LogP contribution < -0.4 is 29.6 Å². The third kappa shape index (κ3) is 6.83. The van der Waals surface area contributed by atoms with Crippen molar-refractivity contribution in [3.05, 3.63) is 96.1 Å². The summed E-state index contributed by atoms with van der Waals surface area (Å²) >= 11 is 0. The molecule has 0 saturated carbocycles. The molecule has 10 heteroatoms. The first-order valence-electron chi connectivity index (χ1n) is 12.1. The van der Waals surface area contributed by atoms with E-state index in [0.29, 0.717) is 45.5 Å². The highest BCUT2D eigenvalue weighted by atomic mass is 33.1. The lowest BCUT2D eigenvalue weighted by Crippen LogP contribution is -2.14. The maximum Gasteiger partial charge on any atom is 0.256 e. The van der Waals surface area contributed by atoms with Gasteiger partial charge in [-0.2, -0.15) is 0 Å². The van der Waals surface area contributed by atoms with Crippen LogP contribution in [0.1, 0.15) is 20.7 Å². The van der Waals surface area contributed by atoms with Gasteiger partial charge in [0, 0.05) is 21.9 Å². The molecular weight excluding hydrogens is 548 g/mol. The molecule has 0 aliphatic heterocycles. The zero-order chi connectivity index (χ0) is 28.5. The molecule has 4 rings (SSSR count). The predicted octanol–water partition coefficient (Wildman–Crippen LogP) is 7.03. The Morgan fingerprint density at radius 3 is 1.32 bits per heavy atom. The van der Waals surface area contributed by atoms with Gasteiger partial charge in [0.1, 0.15) is 23.0 Å². The molecule has 40 heavy (non-hydrogen) atoms. The number of carbonyl (C=O) groups is 2. The van der Waals surface area contributed by atoms with Gasteiger partial charge in [0.15, 0.2) is 0 Å². The summed E-state index contributed by atoms with van der Waals surface area (Å²) in [6.07, 6.45) is 0. The predicted molar refractivity (Wildman–Crippen MR) is 160 cm³/mol. The van der Waals surface area contributed by atoms with Gasteiger partial charge in [0.25, 0.3) is 11.8 Å². The first-order chi connectivity index (χ1) is 19.5. The van der Waals surface area contributed by atoms with Crippen LogP contribution in [-0.4, -0.2) is 40.3 Å². The fraction of sp³-hybridized carbons (Fsp3) is 0.133. The van der Waals surface area contributed by atoms with Gasteiger partial charge in [-0.1, -0.05) is 45.9 Å². The maximum atomic E-state index is 13.3. The third-order valence-electron chi connectivity index (χ3n) is 5.79. The quantitative estimate of drug-likeness (QED) is 0.184. The van der Waals surface area contributed by atoms with Crippen molar-refractivity contribution in [1.82, 2.24) is 0 Å². The second-order valence-corrected chi connectivity index (χ2v) is 10.4. The van der Waals surface area contributed by atoms with E-state index >= 15 is 0 Å². The lowest BCUT2D eigenvalue weighted by Gasteiger charge is -2.14. The highest BCUT2D eigenvalue weighted by molar-refractivity contribution is 8.76. The number of hydrogen-bond acceptors (Lipinski definition) is 8. The third-order valence-corrected chi connectivity index (χ3v) is 8.28. The van der Waals surface area contributed by atoms with Gasteiger partial charge < -0.3 is 29.6 Å². The van der Waals surface area contributed by atoms with E-state index in [1.165, 1.54) is 35.8 Å². The summed E-state index contributed by atoms with van der Waals surface area (Å²) in [6, 6.07) is 24.9. The molecule has 8 nitrogen and oxygen atoms in total. The average molecular weight is 577 g/mol. The topological polar surface area (TPSA) is 95.1 Å². The SMILES string of the molecule is COc1ccc(OC)c(NC(=O)c2ccccc2SSc2ccccc2C(=O)Nc2cc(OC)ccc2OC)c1. The van der Waals surface area contributed by atoms with Gasteiger partial charge in [-0.25, -0.2) is 0 Å². The molecule has 0 saturated heterocycles. The van der Waals surface area contributed by atoms with E-state index in [0.717, 1.165) is 9.79 Å². The van der Waals surface area contributed by atoms with Crippen molar-refractivity contribution in [1.29, 1.82) is 0 Å². The van der Waals surface area contributed by atoms with Gasteiger partial charge in [0.05, 0.1) is 50.9 Å². The highest BCUT2D eigenvalue weighted by Gasteiger charge is 2.18. The molecule has 206 valence electrons. The molecular formula is C30H28N2O6S2. The van der Waals surface area contributed by atoms with Gasteiger partial charge in [-0.05, 0) is 48.5 Å². The Hall–Kier alpha value is -4.28. The van der Waals surface area contributed by atoms with Crippen molar-refractivity contribution >= 4 is 44.8 Å². The first kappa shape index (κ1) is 28.7. The molecule has 2 N–H and O–H groups in total. The second-order valence-electron chi connectivity index (χ2n) is 8.20. The Balaban J connectivity index is 1.53. The number of methoxy groups -OCH3 is 4. The van der Waals surface area contributed by atoms with Crippen molar-refractivity contribution in [2.45, 2.75) is 9.79 Å². The van der Waals surface area contributed by atoms with Crippen molar-refractivity contribution < 1.29 is 28.5 Å². The number of benzene rings is 4. The lowest BCUT2D eigenvalue weighted by molar-refractivity contribution is 0.101. The number of amides is 2. The molecule has 0 radical (unpaired) electrons. The van der Waals surface area contributed by atoms with E-state index in [-0.39, 0.29) is 11.8 Å². The average Bonchev–Trinajstić information content (AvgIpc) is 3.00. The van der Waals surface area contributed by atoms with Crippen LogP contribution in [-0.2, 0) is 0 Å². The van der Waals surface area contributed by atoms with E-state index in [1.807, 2.05) is 24.3 Å². The molecule has 4 aromatic rings. The van der Waals surface area contributed by atoms with Crippen LogP contribution in [0.25, 0.3) is 0 Å². The normalized spacial score (nSPS) is 10.4. The highest BCUT2D eigenvalue weighted by Crippen LogP contribution is 2.41. The van der Waals surface area contributed by atoms with Crippen LogP contribution in [0.2, 0.25) is 0 Å². The summed E-state index contributed by atoms with van der Waals surface area (Å²) in [5, 5.41) is 5.83. The molecule has 0 unspecified atom stereocenters. The summed E-state index contributed by atoms with van der Waals surface area (Å²) < 4.78 is 21.4. The standard InChI is InChI=1S/C30H28N2O6S2/c1-35-19-13-15-25(37-3)23(17-19)31-29(33)21-9-5-7-11-27(21)39-40-28-12-8-6-10-22(28)30(34)32-24-18-20(36-2)14-16-26(24)38-4/h5-18H,1-4H3,(H,31,33)(H,32,34). The molecule has 0 aliphatic rings. The van der Waals surface area contributed by atoms with E-state index in [2.05, 4.69) is 10.6 Å². The molecule has 0 aliphatic carbocycles. The number of rotatable bonds is 11.